The van der Waals surface area contributed by atoms with E-state index in [2.05, 4.69) is 10.3 Å². The third-order valence-corrected chi connectivity index (χ3v) is 2.46. The summed E-state index contributed by atoms with van der Waals surface area (Å²) in [6.45, 7) is 3.66. The van der Waals surface area contributed by atoms with E-state index in [-0.39, 0.29) is 18.9 Å². The Hall–Kier alpha value is -1.95. The normalized spacial score (nSPS) is 11.9. The SMILES string of the molecule is Cc1ccc(C(=O)NCC[C@H](O)C(=O)O)c(C)n1. The molecule has 1 atom stereocenters. The van der Waals surface area contributed by atoms with Crippen LogP contribution >= 0.6 is 0 Å². The van der Waals surface area contributed by atoms with Crippen molar-refractivity contribution in [3.05, 3.63) is 29.1 Å². The Morgan fingerprint density at radius 1 is 1.39 bits per heavy atom. The summed E-state index contributed by atoms with van der Waals surface area (Å²) < 4.78 is 0. The van der Waals surface area contributed by atoms with Crippen LogP contribution in [0.15, 0.2) is 12.1 Å². The van der Waals surface area contributed by atoms with Gasteiger partial charge in [-0.05, 0) is 26.0 Å². The van der Waals surface area contributed by atoms with E-state index in [1.807, 2.05) is 6.92 Å². The van der Waals surface area contributed by atoms with Gasteiger partial charge in [-0.15, -0.1) is 0 Å². The third-order valence-electron chi connectivity index (χ3n) is 2.46. The number of pyridine rings is 1. The molecule has 6 nitrogen and oxygen atoms in total. The molecule has 98 valence electrons. The zero-order valence-corrected chi connectivity index (χ0v) is 10.3. The maximum Gasteiger partial charge on any atom is 0.332 e. The molecule has 1 aromatic rings. The molecular weight excluding hydrogens is 236 g/mol. The Labute approximate surface area is 105 Å². The standard InChI is InChI=1S/C12H16N2O4/c1-7-3-4-9(8(2)14-7)11(16)13-6-5-10(15)12(17)18/h3-4,10,15H,5-6H2,1-2H3,(H,13,16)(H,17,18)/t10-/m0/s1. The molecule has 0 bridgehead atoms. The highest BCUT2D eigenvalue weighted by molar-refractivity contribution is 5.95. The van der Waals surface area contributed by atoms with Gasteiger partial charge in [0.15, 0.2) is 6.10 Å². The van der Waals surface area contributed by atoms with Gasteiger partial charge < -0.3 is 15.5 Å². The first-order valence-corrected chi connectivity index (χ1v) is 5.55. The van der Waals surface area contributed by atoms with Gasteiger partial charge in [0.2, 0.25) is 0 Å². The Balaban J connectivity index is 2.53. The maximum absolute atomic E-state index is 11.7. The van der Waals surface area contributed by atoms with Crippen LogP contribution in [0.2, 0.25) is 0 Å². The number of hydrogen-bond donors (Lipinski definition) is 3. The third kappa shape index (κ3) is 3.81. The number of carboxylic acid groups (broad SMARTS) is 1. The number of carbonyl (C=O) groups excluding carboxylic acids is 1. The van der Waals surface area contributed by atoms with Crippen LogP contribution in [0.25, 0.3) is 0 Å². The highest BCUT2D eigenvalue weighted by atomic mass is 16.4. The average molecular weight is 252 g/mol. The van der Waals surface area contributed by atoms with Crippen molar-refractivity contribution in [3.8, 4) is 0 Å². The van der Waals surface area contributed by atoms with Crippen molar-refractivity contribution < 1.29 is 19.8 Å². The van der Waals surface area contributed by atoms with Crippen LogP contribution in [-0.2, 0) is 4.79 Å². The fraction of sp³-hybridized carbons (Fsp3) is 0.417. The Morgan fingerprint density at radius 3 is 2.61 bits per heavy atom. The van der Waals surface area contributed by atoms with Crippen LogP contribution in [-0.4, -0.2) is 39.7 Å². The monoisotopic (exact) mass is 252 g/mol. The molecule has 1 amide bonds. The van der Waals surface area contributed by atoms with Crippen molar-refractivity contribution >= 4 is 11.9 Å². The molecule has 18 heavy (non-hydrogen) atoms. The zero-order chi connectivity index (χ0) is 13.7. The number of aliphatic hydroxyl groups excluding tert-OH is 1. The van der Waals surface area contributed by atoms with E-state index in [4.69, 9.17) is 10.2 Å². The van der Waals surface area contributed by atoms with Crippen LogP contribution in [0.5, 0.6) is 0 Å². The van der Waals surface area contributed by atoms with Gasteiger partial charge in [0.25, 0.3) is 5.91 Å². The maximum atomic E-state index is 11.7. The molecule has 6 heteroatoms. The smallest absolute Gasteiger partial charge is 0.332 e. The lowest BCUT2D eigenvalue weighted by Gasteiger charge is -2.09. The van der Waals surface area contributed by atoms with E-state index in [9.17, 15) is 9.59 Å². The highest BCUT2D eigenvalue weighted by Gasteiger charge is 2.14. The van der Waals surface area contributed by atoms with Crippen molar-refractivity contribution in [1.82, 2.24) is 10.3 Å². The number of aromatic nitrogens is 1. The van der Waals surface area contributed by atoms with Gasteiger partial charge in [-0.1, -0.05) is 0 Å². The van der Waals surface area contributed by atoms with Crippen LogP contribution in [0.4, 0.5) is 0 Å². The number of carboxylic acids is 1. The van der Waals surface area contributed by atoms with E-state index >= 15 is 0 Å². The molecule has 0 radical (unpaired) electrons. The van der Waals surface area contributed by atoms with Gasteiger partial charge in [0, 0.05) is 18.7 Å². The predicted molar refractivity (Wildman–Crippen MR) is 64.3 cm³/mol. The number of hydrogen-bond acceptors (Lipinski definition) is 4. The van der Waals surface area contributed by atoms with Crippen molar-refractivity contribution in [2.24, 2.45) is 0 Å². The molecule has 0 aliphatic rings. The van der Waals surface area contributed by atoms with Crippen LogP contribution in [0.3, 0.4) is 0 Å². The van der Waals surface area contributed by atoms with E-state index in [0.717, 1.165) is 5.69 Å². The van der Waals surface area contributed by atoms with E-state index in [0.29, 0.717) is 11.3 Å². The quantitative estimate of drug-likeness (QED) is 0.698. The van der Waals surface area contributed by atoms with Crippen LogP contribution in [0, 0.1) is 13.8 Å². The summed E-state index contributed by atoms with van der Waals surface area (Å²) in [6.07, 6.45) is -1.48. The van der Waals surface area contributed by atoms with Crippen molar-refractivity contribution in [2.75, 3.05) is 6.54 Å². The summed E-state index contributed by atoms with van der Waals surface area (Å²) >= 11 is 0. The number of aliphatic hydroxyl groups is 1. The van der Waals surface area contributed by atoms with Gasteiger partial charge in [0.05, 0.1) is 11.3 Å². The first kappa shape index (κ1) is 14.1. The van der Waals surface area contributed by atoms with Gasteiger partial charge in [-0.2, -0.15) is 0 Å². The second-order valence-corrected chi connectivity index (χ2v) is 3.98. The second kappa shape index (κ2) is 6.11. The van der Waals surface area contributed by atoms with Crippen molar-refractivity contribution in [1.29, 1.82) is 0 Å². The molecule has 0 aliphatic carbocycles. The summed E-state index contributed by atoms with van der Waals surface area (Å²) in [5.41, 5.74) is 1.89. The minimum absolute atomic E-state index is 0.0284. The molecule has 0 saturated heterocycles. The van der Waals surface area contributed by atoms with E-state index in [1.165, 1.54) is 0 Å². The minimum atomic E-state index is -1.46. The molecular formula is C12H16N2O4. The Kier molecular flexibility index (Phi) is 4.79. The number of amides is 1. The minimum Gasteiger partial charge on any atom is -0.479 e. The lowest BCUT2D eigenvalue weighted by Crippen LogP contribution is -2.30. The lowest BCUT2D eigenvalue weighted by atomic mass is 10.1. The molecule has 3 N–H and O–H groups in total. The number of carbonyl (C=O) groups is 2. The molecule has 0 fully saturated rings. The first-order chi connectivity index (χ1) is 8.41. The molecule has 1 heterocycles. The summed E-state index contributed by atoms with van der Waals surface area (Å²) in [6, 6.07) is 3.40. The fourth-order valence-corrected chi connectivity index (χ4v) is 1.47. The molecule has 0 aliphatic heterocycles. The lowest BCUT2D eigenvalue weighted by molar-refractivity contribution is -0.146. The first-order valence-electron chi connectivity index (χ1n) is 5.55. The molecule has 1 aromatic heterocycles. The Morgan fingerprint density at radius 2 is 2.06 bits per heavy atom. The summed E-state index contributed by atoms with van der Waals surface area (Å²) in [5, 5.41) is 20.0. The number of aliphatic carboxylic acids is 1. The number of nitrogens with zero attached hydrogens (tertiary/aromatic N) is 1. The Bertz CT molecular complexity index is 459. The number of nitrogens with one attached hydrogen (secondary N) is 1. The largest absolute Gasteiger partial charge is 0.479 e. The topological polar surface area (TPSA) is 99.5 Å². The highest BCUT2D eigenvalue weighted by Crippen LogP contribution is 2.06. The van der Waals surface area contributed by atoms with Crippen LogP contribution < -0.4 is 5.32 Å². The average Bonchev–Trinajstić information content (AvgIpc) is 2.28. The molecule has 0 spiro atoms. The molecule has 1 rings (SSSR count). The number of aryl methyl sites for hydroxylation is 2. The molecule has 0 unspecified atom stereocenters. The summed E-state index contributed by atoms with van der Waals surface area (Å²) in [5.74, 6) is -1.62. The summed E-state index contributed by atoms with van der Waals surface area (Å²) in [4.78, 5) is 26.3. The van der Waals surface area contributed by atoms with Crippen LogP contribution in [0.1, 0.15) is 28.2 Å². The summed E-state index contributed by atoms with van der Waals surface area (Å²) in [7, 11) is 0. The number of rotatable bonds is 5. The van der Waals surface area contributed by atoms with Gasteiger partial charge >= 0.3 is 5.97 Å². The van der Waals surface area contributed by atoms with E-state index < -0.39 is 12.1 Å². The zero-order valence-electron chi connectivity index (χ0n) is 10.3. The van der Waals surface area contributed by atoms with Gasteiger partial charge in [-0.3, -0.25) is 9.78 Å². The fourth-order valence-electron chi connectivity index (χ4n) is 1.47. The molecule has 0 saturated carbocycles. The van der Waals surface area contributed by atoms with Crippen molar-refractivity contribution in [3.63, 3.8) is 0 Å². The van der Waals surface area contributed by atoms with Crippen molar-refractivity contribution in [2.45, 2.75) is 26.4 Å². The van der Waals surface area contributed by atoms with Gasteiger partial charge in [0.1, 0.15) is 0 Å². The molecule has 0 aromatic carbocycles. The van der Waals surface area contributed by atoms with Gasteiger partial charge in [-0.25, -0.2) is 4.79 Å². The predicted octanol–water partition coefficient (Wildman–Crippen LogP) is 0.264. The van der Waals surface area contributed by atoms with E-state index in [1.54, 1.807) is 19.1 Å². The second-order valence-electron chi connectivity index (χ2n) is 3.98.